The SMILES string of the molecule is O=C1CSC(=O)N1CN1CCc2ccccc21. The van der Waals surface area contributed by atoms with Crippen LogP contribution in [0.4, 0.5) is 10.5 Å². The number of carbonyl (C=O) groups is 2. The summed E-state index contributed by atoms with van der Waals surface area (Å²) in [6.07, 6.45) is 0.986. The quantitative estimate of drug-likeness (QED) is 0.798. The van der Waals surface area contributed by atoms with E-state index in [1.807, 2.05) is 18.2 Å². The summed E-state index contributed by atoms with van der Waals surface area (Å²) >= 11 is 1.09. The van der Waals surface area contributed by atoms with Crippen LogP contribution < -0.4 is 4.90 Å². The molecule has 4 nitrogen and oxygen atoms in total. The minimum atomic E-state index is -0.126. The van der Waals surface area contributed by atoms with Gasteiger partial charge < -0.3 is 4.90 Å². The highest BCUT2D eigenvalue weighted by Crippen LogP contribution is 2.29. The molecule has 0 unspecified atom stereocenters. The van der Waals surface area contributed by atoms with Gasteiger partial charge in [-0.05, 0) is 18.1 Å². The molecule has 0 N–H and O–H groups in total. The van der Waals surface area contributed by atoms with E-state index in [1.165, 1.54) is 10.5 Å². The molecule has 0 spiro atoms. The normalized spacial score (nSPS) is 19.1. The van der Waals surface area contributed by atoms with Crippen molar-refractivity contribution in [3.8, 4) is 0 Å². The van der Waals surface area contributed by atoms with Gasteiger partial charge in [-0.1, -0.05) is 30.0 Å². The van der Waals surface area contributed by atoms with E-state index >= 15 is 0 Å². The number of thioether (sulfide) groups is 1. The van der Waals surface area contributed by atoms with E-state index < -0.39 is 0 Å². The van der Waals surface area contributed by atoms with Crippen LogP contribution in [0.5, 0.6) is 0 Å². The Morgan fingerprint density at radius 1 is 1.24 bits per heavy atom. The molecule has 2 heterocycles. The number of benzene rings is 1. The minimum absolute atomic E-state index is 0.0793. The third-order valence-electron chi connectivity index (χ3n) is 3.14. The van der Waals surface area contributed by atoms with E-state index in [-0.39, 0.29) is 16.9 Å². The van der Waals surface area contributed by atoms with Gasteiger partial charge >= 0.3 is 0 Å². The Kier molecular flexibility index (Phi) is 2.55. The number of hydrogen-bond donors (Lipinski definition) is 0. The molecule has 0 aliphatic carbocycles. The molecule has 1 fully saturated rings. The number of carbonyl (C=O) groups excluding carboxylic acids is 2. The Morgan fingerprint density at radius 2 is 2.06 bits per heavy atom. The Balaban J connectivity index is 1.79. The summed E-state index contributed by atoms with van der Waals surface area (Å²) in [6.45, 7) is 1.27. The van der Waals surface area contributed by atoms with Gasteiger partial charge in [0.05, 0.1) is 5.75 Å². The second kappa shape index (κ2) is 4.07. The lowest BCUT2D eigenvalue weighted by Gasteiger charge is -2.24. The summed E-state index contributed by atoms with van der Waals surface area (Å²) in [7, 11) is 0. The van der Waals surface area contributed by atoms with E-state index in [2.05, 4.69) is 11.0 Å². The van der Waals surface area contributed by atoms with Crippen molar-refractivity contribution in [2.75, 3.05) is 23.9 Å². The van der Waals surface area contributed by atoms with Gasteiger partial charge in [-0.2, -0.15) is 0 Å². The summed E-state index contributed by atoms with van der Waals surface area (Å²) in [5.74, 6) is 0.207. The second-order valence-corrected chi connectivity index (χ2v) is 5.09. The van der Waals surface area contributed by atoms with Crippen molar-refractivity contribution in [3.63, 3.8) is 0 Å². The van der Waals surface area contributed by atoms with Crippen molar-refractivity contribution >= 4 is 28.6 Å². The van der Waals surface area contributed by atoms with Gasteiger partial charge in [0.15, 0.2) is 0 Å². The second-order valence-electron chi connectivity index (χ2n) is 4.16. The first-order valence-electron chi connectivity index (χ1n) is 5.56. The number of para-hydroxylation sites is 1. The maximum absolute atomic E-state index is 11.5. The lowest BCUT2D eigenvalue weighted by Crippen LogP contribution is -2.39. The maximum Gasteiger partial charge on any atom is 0.290 e. The van der Waals surface area contributed by atoms with Crippen LogP contribution in [0.1, 0.15) is 5.56 Å². The highest BCUT2D eigenvalue weighted by Gasteiger charge is 2.32. The molecular formula is C12H12N2O2S. The molecule has 5 heteroatoms. The summed E-state index contributed by atoms with van der Waals surface area (Å²) in [6, 6.07) is 8.14. The van der Waals surface area contributed by atoms with Crippen LogP contribution in [0, 0.1) is 0 Å². The van der Waals surface area contributed by atoms with E-state index in [9.17, 15) is 9.59 Å². The number of anilines is 1. The van der Waals surface area contributed by atoms with E-state index in [4.69, 9.17) is 0 Å². The summed E-state index contributed by atoms with van der Waals surface area (Å²) in [4.78, 5) is 26.5. The number of imide groups is 1. The summed E-state index contributed by atoms with van der Waals surface area (Å²) in [5, 5.41) is -0.126. The predicted octanol–water partition coefficient (Wildman–Crippen LogP) is 1.70. The van der Waals surface area contributed by atoms with Gasteiger partial charge in [-0.15, -0.1) is 0 Å². The molecule has 88 valence electrons. The predicted molar refractivity (Wildman–Crippen MR) is 67.1 cm³/mol. The standard InChI is InChI=1S/C12H12N2O2S/c15-11-7-17-12(16)14(11)8-13-6-5-9-3-1-2-4-10(9)13/h1-4H,5-8H2. The Bertz CT molecular complexity index is 473. The number of fused-ring (bicyclic) bond motifs is 1. The van der Waals surface area contributed by atoms with Crippen molar-refractivity contribution in [1.29, 1.82) is 0 Å². The maximum atomic E-state index is 11.5. The molecule has 0 radical (unpaired) electrons. The van der Waals surface area contributed by atoms with Crippen LogP contribution in [-0.2, 0) is 11.2 Å². The lowest BCUT2D eigenvalue weighted by molar-refractivity contribution is -0.124. The molecule has 1 aromatic carbocycles. The molecule has 0 saturated carbocycles. The molecule has 17 heavy (non-hydrogen) atoms. The molecule has 3 rings (SSSR count). The molecule has 0 atom stereocenters. The molecule has 0 aromatic heterocycles. The zero-order valence-corrected chi connectivity index (χ0v) is 10.1. The Morgan fingerprint density at radius 3 is 2.82 bits per heavy atom. The van der Waals surface area contributed by atoms with Crippen LogP contribution in [0.25, 0.3) is 0 Å². The van der Waals surface area contributed by atoms with Gasteiger partial charge in [-0.3, -0.25) is 14.5 Å². The van der Waals surface area contributed by atoms with Crippen LogP contribution in [-0.4, -0.2) is 35.0 Å². The van der Waals surface area contributed by atoms with Crippen molar-refractivity contribution in [3.05, 3.63) is 29.8 Å². The average molecular weight is 248 g/mol. The van der Waals surface area contributed by atoms with Gasteiger partial charge in [0.25, 0.3) is 5.24 Å². The smallest absolute Gasteiger partial charge is 0.290 e. The Hall–Kier alpha value is -1.49. The topological polar surface area (TPSA) is 40.6 Å². The molecule has 2 aliphatic heterocycles. The number of rotatable bonds is 2. The highest BCUT2D eigenvalue weighted by molar-refractivity contribution is 8.14. The zero-order chi connectivity index (χ0) is 11.8. The van der Waals surface area contributed by atoms with E-state index in [0.29, 0.717) is 6.67 Å². The van der Waals surface area contributed by atoms with Crippen molar-refractivity contribution in [1.82, 2.24) is 4.90 Å². The largest absolute Gasteiger partial charge is 0.353 e. The van der Waals surface area contributed by atoms with Gasteiger partial charge in [0, 0.05) is 12.2 Å². The number of amides is 2. The molecule has 1 saturated heterocycles. The average Bonchev–Trinajstić information content (AvgIpc) is 2.88. The minimum Gasteiger partial charge on any atom is -0.353 e. The lowest BCUT2D eigenvalue weighted by atomic mass is 10.2. The van der Waals surface area contributed by atoms with E-state index in [1.54, 1.807) is 0 Å². The van der Waals surface area contributed by atoms with Crippen LogP contribution >= 0.6 is 11.8 Å². The monoisotopic (exact) mass is 248 g/mol. The molecule has 2 amide bonds. The zero-order valence-electron chi connectivity index (χ0n) is 9.26. The first kappa shape index (κ1) is 10.7. The first-order valence-corrected chi connectivity index (χ1v) is 6.54. The van der Waals surface area contributed by atoms with Crippen LogP contribution in [0.3, 0.4) is 0 Å². The van der Waals surface area contributed by atoms with Crippen LogP contribution in [0.2, 0.25) is 0 Å². The fourth-order valence-corrected chi connectivity index (χ4v) is 2.96. The first-order chi connectivity index (χ1) is 8.25. The van der Waals surface area contributed by atoms with Crippen LogP contribution in [0.15, 0.2) is 24.3 Å². The van der Waals surface area contributed by atoms with Crippen molar-refractivity contribution < 1.29 is 9.59 Å². The van der Waals surface area contributed by atoms with Crippen molar-refractivity contribution in [2.45, 2.75) is 6.42 Å². The van der Waals surface area contributed by atoms with Gasteiger partial charge in [-0.25, -0.2) is 0 Å². The number of nitrogens with zero attached hydrogens (tertiary/aromatic N) is 2. The number of hydrogen-bond acceptors (Lipinski definition) is 4. The summed E-state index contributed by atoms with van der Waals surface area (Å²) < 4.78 is 0. The Labute approximate surface area is 104 Å². The molecule has 1 aromatic rings. The fraction of sp³-hybridized carbons (Fsp3) is 0.333. The third kappa shape index (κ3) is 1.80. The molecule has 2 aliphatic rings. The van der Waals surface area contributed by atoms with Crippen molar-refractivity contribution in [2.24, 2.45) is 0 Å². The molecular weight excluding hydrogens is 236 g/mol. The van der Waals surface area contributed by atoms with E-state index in [0.717, 1.165) is 30.4 Å². The highest BCUT2D eigenvalue weighted by atomic mass is 32.2. The molecule has 0 bridgehead atoms. The van der Waals surface area contributed by atoms with Gasteiger partial charge in [0.2, 0.25) is 5.91 Å². The fourth-order valence-electron chi connectivity index (χ4n) is 2.24. The summed E-state index contributed by atoms with van der Waals surface area (Å²) in [5.41, 5.74) is 2.43. The van der Waals surface area contributed by atoms with Gasteiger partial charge in [0.1, 0.15) is 6.67 Å². The third-order valence-corrected chi connectivity index (χ3v) is 3.99.